The number of halogens is 1. The third kappa shape index (κ3) is 2.25. The zero-order valence-corrected chi connectivity index (χ0v) is 10.1. The Labute approximate surface area is 104 Å². The zero-order valence-electron chi connectivity index (χ0n) is 10.1. The highest BCUT2D eigenvalue weighted by Crippen LogP contribution is 2.27. The van der Waals surface area contributed by atoms with Crippen LogP contribution in [-0.2, 0) is 4.79 Å². The Morgan fingerprint density at radius 2 is 2.11 bits per heavy atom. The quantitative estimate of drug-likeness (QED) is 0.841. The SMILES string of the molecule is CC(=O)C1=C(C)NC(=O)N[C@H]1c1cccc(F)c1. The van der Waals surface area contributed by atoms with Crippen LogP contribution in [0.2, 0.25) is 0 Å². The predicted octanol–water partition coefficient (Wildman–Crippen LogP) is 2.04. The number of benzene rings is 1. The molecule has 2 amide bonds. The average molecular weight is 248 g/mol. The van der Waals surface area contributed by atoms with Gasteiger partial charge < -0.3 is 10.6 Å². The molecule has 4 nitrogen and oxygen atoms in total. The van der Waals surface area contributed by atoms with Gasteiger partial charge >= 0.3 is 6.03 Å². The second kappa shape index (κ2) is 4.60. The molecule has 0 radical (unpaired) electrons. The van der Waals surface area contributed by atoms with Crippen molar-refractivity contribution in [1.29, 1.82) is 0 Å². The molecule has 18 heavy (non-hydrogen) atoms. The third-order valence-corrected chi connectivity index (χ3v) is 2.83. The van der Waals surface area contributed by atoms with Gasteiger partial charge in [-0.3, -0.25) is 4.79 Å². The van der Waals surface area contributed by atoms with E-state index in [9.17, 15) is 14.0 Å². The molecule has 0 bridgehead atoms. The van der Waals surface area contributed by atoms with Crippen molar-refractivity contribution in [2.24, 2.45) is 0 Å². The van der Waals surface area contributed by atoms with E-state index in [2.05, 4.69) is 10.6 Å². The van der Waals surface area contributed by atoms with E-state index in [0.717, 1.165) is 0 Å². The summed E-state index contributed by atoms with van der Waals surface area (Å²) in [7, 11) is 0. The average Bonchev–Trinajstić information content (AvgIpc) is 2.27. The van der Waals surface area contributed by atoms with Crippen LogP contribution in [0, 0.1) is 5.82 Å². The van der Waals surface area contributed by atoms with Crippen molar-refractivity contribution >= 4 is 11.8 Å². The maximum Gasteiger partial charge on any atom is 0.319 e. The Balaban J connectivity index is 2.50. The van der Waals surface area contributed by atoms with Gasteiger partial charge in [-0.25, -0.2) is 9.18 Å². The number of hydrogen-bond donors (Lipinski definition) is 2. The zero-order chi connectivity index (χ0) is 13.3. The van der Waals surface area contributed by atoms with Gasteiger partial charge in [0.2, 0.25) is 0 Å². The molecular weight excluding hydrogens is 235 g/mol. The van der Waals surface area contributed by atoms with Crippen LogP contribution in [0.5, 0.6) is 0 Å². The molecule has 0 aromatic heterocycles. The molecule has 0 aliphatic carbocycles. The number of carbonyl (C=O) groups is 2. The van der Waals surface area contributed by atoms with Gasteiger partial charge in [-0.15, -0.1) is 0 Å². The third-order valence-electron chi connectivity index (χ3n) is 2.83. The second-order valence-electron chi connectivity index (χ2n) is 4.18. The molecule has 0 unspecified atom stereocenters. The number of Topliss-reactive ketones (excluding diaryl/α,β-unsaturated/α-hetero) is 1. The van der Waals surface area contributed by atoms with Crippen molar-refractivity contribution in [3.63, 3.8) is 0 Å². The van der Waals surface area contributed by atoms with Crippen LogP contribution in [0.25, 0.3) is 0 Å². The van der Waals surface area contributed by atoms with Gasteiger partial charge in [0.25, 0.3) is 0 Å². The topological polar surface area (TPSA) is 58.2 Å². The first kappa shape index (κ1) is 12.3. The fourth-order valence-electron chi connectivity index (χ4n) is 2.10. The molecule has 0 saturated heterocycles. The van der Waals surface area contributed by atoms with Gasteiger partial charge in [-0.05, 0) is 31.5 Å². The summed E-state index contributed by atoms with van der Waals surface area (Å²) >= 11 is 0. The molecule has 0 saturated carbocycles. The highest BCUT2D eigenvalue weighted by Gasteiger charge is 2.29. The summed E-state index contributed by atoms with van der Waals surface area (Å²) in [6.45, 7) is 3.08. The molecule has 0 spiro atoms. The number of rotatable bonds is 2. The van der Waals surface area contributed by atoms with E-state index in [4.69, 9.17) is 0 Å². The summed E-state index contributed by atoms with van der Waals surface area (Å²) in [6.07, 6.45) is 0. The van der Waals surface area contributed by atoms with Crippen LogP contribution >= 0.6 is 0 Å². The van der Waals surface area contributed by atoms with Gasteiger partial charge in [0, 0.05) is 11.3 Å². The number of hydrogen-bond acceptors (Lipinski definition) is 2. The number of urea groups is 1. The molecule has 94 valence electrons. The standard InChI is InChI=1S/C13H13FN2O2/c1-7-11(8(2)17)12(16-13(18)15-7)9-4-3-5-10(14)6-9/h3-6,12H,1-2H3,(H2,15,16,18)/t12-/m0/s1. The van der Waals surface area contributed by atoms with E-state index >= 15 is 0 Å². The lowest BCUT2D eigenvalue weighted by Crippen LogP contribution is -2.44. The van der Waals surface area contributed by atoms with E-state index in [0.29, 0.717) is 16.8 Å². The molecule has 1 aromatic rings. The fraction of sp³-hybridized carbons (Fsp3) is 0.231. The first-order valence-corrected chi connectivity index (χ1v) is 5.53. The lowest BCUT2D eigenvalue weighted by Gasteiger charge is -2.28. The van der Waals surface area contributed by atoms with Crippen molar-refractivity contribution in [1.82, 2.24) is 10.6 Å². The molecular formula is C13H13FN2O2. The molecule has 2 rings (SSSR count). The van der Waals surface area contributed by atoms with Gasteiger partial charge in [0.05, 0.1) is 6.04 Å². The lowest BCUT2D eigenvalue weighted by atomic mass is 9.93. The van der Waals surface area contributed by atoms with Crippen molar-refractivity contribution in [3.05, 3.63) is 46.9 Å². The summed E-state index contributed by atoms with van der Waals surface area (Å²) < 4.78 is 13.2. The largest absolute Gasteiger partial charge is 0.327 e. The highest BCUT2D eigenvalue weighted by atomic mass is 19.1. The number of ketones is 1. The van der Waals surface area contributed by atoms with Crippen molar-refractivity contribution in [2.45, 2.75) is 19.9 Å². The smallest absolute Gasteiger partial charge is 0.319 e. The molecule has 1 atom stereocenters. The van der Waals surface area contributed by atoms with Crippen molar-refractivity contribution in [2.75, 3.05) is 0 Å². The van der Waals surface area contributed by atoms with Crippen LogP contribution in [0.1, 0.15) is 25.5 Å². The summed E-state index contributed by atoms with van der Waals surface area (Å²) in [5.41, 5.74) is 1.50. The molecule has 5 heteroatoms. The molecule has 1 aliphatic heterocycles. The van der Waals surface area contributed by atoms with Crippen LogP contribution < -0.4 is 10.6 Å². The maximum atomic E-state index is 13.2. The van der Waals surface area contributed by atoms with Crippen LogP contribution in [0.3, 0.4) is 0 Å². The normalized spacial score (nSPS) is 19.3. The first-order chi connectivity index (χ1) is 8.49. The van der Waals surface area contributed by atoms with Gasteiger partial charge in [-0.1, -0.05) is 12.1 Å². The Morgan fingerprint density at radius 1 is 1.39 bits per heavy atom. The van der Waals surface area contributed by atoms with E-state index in [-0.39, 0.29) is 5.78 Å². The van der Waals surface area contributed by atoms with Gasteiger partial charge in [0.1, 0.15) is 5.82 Å². The highest BCUT2D eigenvalue weighted by molar-refractivity contribution is 5.98. The van der Waals surface area contributed by atoms with E-state index in [1.807, 2.05) is 0 Å². The number of carbonyl (C=O) groups excluding carboxylic acids is 2. The fourth-order valence-corrected chi connectivity index (χ4v) is 2.10. The van der Waals surface area contributed by atoms with Gasteiger partial charge in [-0.2, -0.15) is 0 Å². The molecule has 1 aliphatic rings. The summed E-state index contributed by atoms with van der Waals surface area (Å²) in [4.78, 5) is 23.1. The minimum absolute atomic E-state index is 0.158. The van der Waals surface area contributed by atoms with Crippen LogP contribution in [0.4, 0.5) is 9.18 Å². The molecule has 0 fully saturated rings. The number of nitrogens with one attached hydrogen (secondary N) is 2. The summed E-state index contributed by atoms with van der Waals surface area (Å²) in [5.74, 6) is -0.560. The van der Waals surface area contributed by atoms with Crippen LogP contribution in [0.15, 0.2) is 35.5 Å². The minimum atomic E-state index is -0.605. The Hall–Kier alpha value is -2.17. The molecule has 2 N–H and O–H groups in total. The summed E-state index contributed by atoms with van der Waals surface area (Å²) in [6, 6.07) is 4.85. The van der Waals surface area contributed by atoms with Crippen molar-refractivity contribution in [3.8, 4) is 0 Å². The lowest BCUT2D eigenvalue weighted by molar-refractivity contribution is -0.114. The minimum Gasteiger partial charge on any atom is -0.327 e. The number of allylic oxidation sites excluding steroid dienone is 1. The Morgan fingerprint density at radius 3 is 2.72 bits per heavy atom. The number of amides is 2. The monoisotopic (exact) mass is 248 g/mol. The molecule has 1 heterocycles. The van der Waals surface area contributed by atoms with Crippen molar-refractivity contribution < 1.29 is 14.0 Å². The Kier molecular flexibility index (Phi) is 3.14. The van der Waals surface area contributed by atoms with E-state index < -0.39 is 17.9 Å². The Bertz CT molecular complexity index is 552. The summed E-state index contributed by atoms with van der Waals surface area (Å²) in [5, 5.41) is 5.17. The maximum absolute atomic E-state index is 13.2. The van der Waals surface area contributed by atoms with E-state index in [1.165, 1.54) is 19.1 Å². The molecule has 1 aromatic carbocycles. The first-order valence-electron chi connectivity index (χ1n) is 5.53. The van der Waals surface area contributed by atoms with E-state index in [1.54, 1.807) is 19.1 Å². The predicted molar refractivity (Wildman–Crippen MR) is 64.2 cm³/mol. The second-order valence-corrected chi connectivity index (χ2v) is 4.18. The van der Waals surface area contributed by atoms with Crippen LogP contribution in [-0.4, -0.2) is 11.8 Å². The van der Waals surface area contributed by atoms with Gasteiger partial charge in [0.15, 0.2) is 5.78 Å².